The maximum absolute atomic E-state index is 10.9. The van der Waals surface area contributed by atoms with Crippen LogP contribution in [-0.4, -0.2) is 32.5 Å². The van der Waals surface area contributed by atoms with Gasteiger partial charge in [0.15, 0.2) is 0 Å². The molecule has 2 atom stereocenters. The number of thioether (sulfide) groups is 1. The van der Waals surface area contributed by atoms with Crippen LogP contribution in [0.3, 0.4) is 0 Å². The average Bonchev–Trinajstić information content (AvgIpc) is 2.17. The Balaban J connectivity index is 2.63. The molecule has 0 saturated heterocycles. The van der Waals surface area contributed by atoms with Gasteiger partial charge in [-0.05, 0) is 25.5 Å². The number of rotatable bonds is 5. The SMILES string of the molecule is C[C@@H](O)C[C@H](Sc1ccccn1)C(=O)O. The lowest BCUT2D eigenvalue weighted by Crippen LogP contribution is -2.21. The van der Waals surface area contributed by atoms with Crippen LogP contribution in [0.25, 0.3) is 0 Å². The zero-order valence-electron chi connectivity index (χ0n) is 8.33. The van der Waals surface area contributed by atoms with Crippen molar-refractivity contribution in [2.75, 3.05) is 0 Å². The maximum atomic E-state index is 10.9. The normalized spacial score (nSPS) is 14.5. The van der Waals surface area contributed by atoms with E-state index in [1.165, 1.54) is 0 Å². The number of nitrogens with zero attached hydrogens (tertiary/aromatic N) is 1. The van der Waals surface area contributed by atoms with E-state index in [4.69, 9.17) is 10.2 Å². The Bertz CT molecular complexity index is 316. The third kappa shape index (κ3) is 4.31. The van der Waals surface area contributed by atoms with Crippen LogP contribution in [0.5, 0.6) is 0 Å². The molecule has 0 aromatic carbocycles. The van der Waals surface area contributed by atoms with Crippen molar-refractivity contribution in [1.82, 2.24) is 4.98 Å². The van der Waals surface area contributed by atoms with E-state index in [2.05, 4.69) is 4.98 Å². The summed E-state index contributed by atoms with van der Waals surface area (Å²) in [6.07, 6.45) is 1.21. The second kappa shape index (κ2) is 5.72. The number of aromatic nitrogens is 1. The first kappa shape index (κ1) is 12.0. The molecule has 4 nitrogen and oxygen atoms in total. The summed E-state index contributed by atoms with van der Waals surface area (Å²) in [5.41, 5.74) is 0. The fourth-order valence-electron chi connectivity index (χ4n) is 1.07. The minimum absolute atomic E-state index is 0.219. The van der Waals surface area contributed by atoms with Crippen LogP contribution in [0.15, 0.2) is 29.4 Å². The van der Waals surface area contributed by atoms with E-state index in [1.807, 2.05) is 0 Å². The van der Waals surface area contributed by atoms with Crippen LogP contribution < -0.4 is 0 Å². The van der Waals surface area contributed by atoms with Gasteiger partial charge in [-0.3, -0.25) is 4.79 Å². The monoisotopic (exact) mass is 227 g/mol. The zero-order chi connectivity index (χ0) is 11.3. The number of aliphatic hydroxyl groups excluding tert-OH is 1. The van der Waals surface area contributed by atoms with E-state index in [0.29, 0.717) is 5.03 Å². The number of carboxylic acids is 1. The smallest absolute Gasteiger partial charge is 0.317 e. The van der Waals surface area contributed by atoms with E-state index in [9.17, 15) is 4.79 Å². The molecule has 0 fully saturated rings. The molecule has 0 bridgehead atoms. The fraction of sp³-hybridized carbons (Fsp3) is 0.400. The molecule has 82 valence electrons. The van der Waals surface area contributed by atoms with Gasteiger partial charge in [-0.2, -0.15) is 0 Å². The van der Waals surface area contributed by atoms with Gasteiger partial charge in [0.25, 0.3) is 0 Å². The van der Waals surface area contributed by atoms with Crippen LogP contribution in [0.1, 0.15) is 13.3 Å². The molecule has 15 heavy (non-hydrogen) atoms. The van der Waals surface area contributed by atoms with Crippen LogP contribution >= 0.6 is 11.8 Å². The molecule has 1 rings (SSSR count). The summed E-state index contributed by atoms with van der Waals surface area (Å²) in [6.45, 7) is 1.58. The van der Waals surface area contributed by atoms with Gasteiger partial charge >= 0.3 is 5.97 Å². The number of hydrogen-bond donors (Lipinski definition) is 2. The lowest BCUT2D eigenvalue weighted by molar-refractivity contribution is -0.136. The summed E-state index contributed by atoms with van der Waals surface area (Å²) in [5, 5.41) is 18.1. The van der Waals surface area contributed by atoms with Crippen molar-refractivity contribution in [1.29, 1.82) is 0 Å². The van der Waals surface area contributed by atoms with Crippen molar-refractivity contribution in [3.05, 3.63) is 24.4 Å². The number of pyridine rings is 1. The molecule has 1 heterocycles. The summed E-state index contributed by atoms with van der Waals surface area (Å²) in [6, 6.07) is 5.33. The van der Waals surface area contributed by atoms with Crippen LogP contribution in [0, 0.1) is 0 Å². The molecule has 5 heteroatoms. The summed E-state index contributed by atoms with van der Waals surface area (Å²) < 4.78 is 0. The Kier molecular flexibility index (Phi) is 4.58. The first-order valence-electron chi connectivity index (χ1n) is 4.58. The molecular weight excluding hydrogens is 214 g/mol. The highest BCUT2D eigenvalue weighted by Crippen LogP contribution is 2.24. The fourth-order valence-corrected chi connectivity index (χ4v) is 2.12. The molecule has 0 amide bonds. The molecule has 1 aromatic heterocycles. The minimum Gasteiger partial charge on any atom is -0.480 e. The van der Waals surface area contributed by atoms with Gasteiger partial charge in [0, 0.05) is 6.20 Å². The molecule has 2 N–H and O–H groups in total. The molecule has 0 aliphatic heterocycles. The Morgan fingerprint density at radius 3 is 2.80 bits per heavy atom. The van der Waals surface area contributed by atoms with Gasteiger partial charge in [0.2, 0.25) is 0 Å². The van der Waals surface area contributed by atoms with E-state index in [1.54, 1.807) is 31.3 Å². The van der Waals surface area contributed by atoms with Gasteiger partial charge in [0.1, 0.15) is 5.25 Å². The maximum Gasteiger partial charge on any atom is 0.317 e. The predicted molar refractivity (Wildman–Crippen MR) is 57.8 cm³/mol. The van der Waals surface area contributed by atoms with Gasteiger partial charge in [-0.1, -0.05) is 17.8 Å². The Hall–Kier alpha value is -1.07. The topological polar surface area (TPSA) is 70.4 Å². The van der Waals surface area contributed by atoms with E-state index < -0.39 is 17.3 Å². The van der Waals surface area contributed by atoms with Crippen molar-refractivity contribution in [2.45, 2.75) is 29.7 Å². The van der Waals surface area contributed by atoms with Gasteiger partial charge in [-0.25, -0.2) is 4.98 Å². The van der Waals surface area contributed by atoms with Crippen molar-refractivity contribution in [3.63, 3.8) is 0 Å². The highest BCUT2D eigenvalue weighted by Gasteiger charge is 2.21. The molecule has 0 spiro atoms. The number of aliphatic carboxylic acids is 1. The average molecular weight is 227 g/mol. The first-order chi connectivity index (χ1) is 7.09. The quantitative estimate of drug-likeness (QED) is 0.744. The Morgan fingerprint density at radius 2 is 2.33 bits per heavy atom. The van der Waals surface area contributed by atoms with Crippen molar-refractivity contribution in [2.24, 2.45) is 0 Å². The molecule has 0 unspecified atom stereocenters. The Labute approximate surface area is 92.3 Å². The summed E-state index contributed by atoms with van der Waals surface area (Å²) in [5.74, 6) is -0.924. The Morgan fingerprint density at radius 1 is 1.60 bits per heavy atom. The van der Waals surface area contributed by atoms with Gasteiger partial charge in [-0.15, -0.1) is 0 Å². The van der Waals surface area contributed by atoms with Crippen molar-refractivity contribution >= 4 is 17.7 Å². The van der Waals surface area contributed by atoms with Crippen molar-refractivity contribution in [3.8, 4) is 0 Å². The standard InChI is InChI=1S/C10H13NO3S/c1-7(12)6-8(10(13)14)15-9-4-2-3-5-11-9/h2-5,7-8,12H,6H2,1H3,(H,13,14)/t7-,8+/m1/s1. The highest BCUT2D eigenvalue weighted by atomic mass is 32.2. The molecule has 0 aliphatic rings. The number of hydrogen-bond acceptors (Lipinski definition) is 4. The third-order valence-corrected chi connectivity index (χ3v) is 2.89. The molecule has 1 aromatic rings. The predicted octanol–water partition coefficient (Wildman–Crippen LogP) is 1.40. The third-order valence-electron chi connectivity index (χ3n) is 1.73. The van der Waals surface area contributed by atoms with Crippen LogP contribution in [-0.2, 0) is 4.79 Å². The number of carbonyl (C=O) groups is 1. The van der Waals surface area contributed by atoms with Crippen LogP contribution in [0.2, 0.25) is 0 Å². The van der Waals surface area contributed by atoms with E-state index in [-0.39, 0.29) is 6.42 Å². The van der Waals surface area contributed by atoms with Gasteiger partial charge < -0.3 is 10.2 Å². The second-order valence-corrected chi connectivity index (χ2v) is 4.42. The lowest BCUT2D eigenvalue weighted by Gasteiger charge is -2.12. The van der Waals surface area contributed by atoms with Crippen molar-refractivity contribution < 1.29 is 15.0 Å². The van der Waals surface area contributed by atoms with E-state index >= 15 is 0 Å². The highest BCUT2D eigenvalue weighted by molar-refractivity contribution is 8.00. The molecular formula is C10H13NO3S. The molecule has 0 radical (unpaired) electrons. The summed E-state index contributed by atoms with van der Waals surface area (Å²) in [4.78, 5) is 14.9. The molecule has 0 saturated carbocycles. The summed E-state index contributed by atoms with van der Waals surface area (Å²) >= 11 is 1.15. The largest absolute Gasteiger partial charge is 0.480 e. The summed E-state index contributed by atoms with van der Waals surface area (Å²) in [7, 11) is 0. The first-order valence-corrected chi connectivity index (χ1v) is 5.46. The van der Waals surface area contributed by atoms with Crippen LogP contribution in [0.4, 0.5) is 0 Å². The molecule has 0 aliphatic carbocycles. The van der Waals surface area contributed by atoms with E-state index in [0.717, 1.165) is 11.8 Å². The second-order valence-electron chi connectivity index (χ2n) is 3.20. The zero-order valence-corrected chi connectivity index (χ0v) is 9.15. The number of aliphatic hydroxyl groups is 1. The lowest BCUT2D eigenvalue weighted by atomic mass is 10.2. The minimum atomic E-state index is -0.924. The van der Waals surface area contributed by atoms with Gasteiger partial charge in [0.05, 0.1) is 11.1 Å². The number of carboxylic acid groups (broad SMARTS) is 1.